The third kappa shape index (κ3) is 8.84. The molecule has 4 atom stereocenters. The number of rotatable bonds is 12. The first-order valence-corrected chi connectivity index (χ1v) is 20.4. The summed E-state index contributed by atoms with van der Waals surface area (Å²) >= 11 is 0. The second-order valence-corrected chi connectivity index (χ2v) is 15.9. The molecule has 60 heavy (non-hydrogen) atoms. The predicted octanol–water partition coefficient (Wildman–Crippen LogP) is 6.91. The number of methoxy groups -OCH3 is 2. The van der Waals surface area contributed by atoms with Gasteiger partial charge in [0.1, 0.15) is 29.8 Å². The molecular weight excluding hydrogens is 763 g/mol. The van der Waals surface area contributed by atoms with Crippen molar-refractivity contribution in [2.24, 2.45) is 11.8 Å². The molecule has 4 amide bonds. The number of anilines is 1. The van der Waals surface area contributed by atoms with Gasteiger partial charge in [-0.05, 0) is 59.1 Å². The van der Waals surface area contributed by atoms with E-state index in [9.17, 15) is 19.2 Å². The normalized spacial score (nSPS) is 17.5. The monoisotopic (exact) mass is 815 g/mol. The summed E-state index contributed by atoms with van der Waals surface area (Å²) in [5.41, 5.74) is 6.66. The molecule has 1 unspecified atom stereocenters. The number of hydrogen-bond acceptors (Lipinski definition) is 9. The number of para-hydroxylation sites is 1. The number of aromatic nitrogens is 4. The van der Waals surface area contributed by atoms with Crippen LogP contribution in [-0.2, 0) is 19.1 Å². The molecule has 2 aromatic heterocycles. The number of imidazole rings is 2. The number of amides is 4. The Labute approximate surface area is 349 Å². The van der Waals surface area contributed by atoms with E-state index >= 15 is 0 Å². The van der Waals surface area contributed by atoms with Gasteiger partial charge in [-0.1, -0.05) is 94.4 Å². The van der Waals surface area contributed by atoms with Crippen LogP contribution in [0.5, 0.6) is 0 Å². The minimum Gasteiger partial charge on any atom is -0.453 e. The lowest BCUT2D eigenvalue weighted by Gasteiger charge is -2.30. The maximum atomic E-state index is 14.1. The highest BCUT2D eigenvalue weighted by atomic mass is 16.5. The van der Waals surface area contributed by atoms with Gasteiger partial charge in [-0.25, -0.2) is 19.6 Å². The molecule has 3 aromatic carbocycles. The number of ether oxygens (including phenoxy) is 2. The van der Waals surface area contributed by atoms with Crippen LogP contribution in [0.15, 0.2) is 91.3 Å². The van der Waals surface area contributed by atoms with Crippen molar-refractivity contribution in [3.8, 4) is 33.6 Å². The Morgan fingerprint density at radius 2 is 1.12 bits per heavy atom. The summed E-state index contributed by atoms with van der Waals surface area (Å²) in [4.78, 5) is 73.9. The van der Waals surface area contributed by atoms with Crippen LogP contribution < -0.4 is 15.5 Å². The van der Waals surface area contributed by atoms with Crippen LogP contribution in [0.25, 0.3) is 33.6 Å². The minimum absolute atomic E-state index is 0.111. The molecule has 0 bridgehead atoms. The first-order chi connectivity index (χ1) is 28.9. The molecule has 2 aliphatic heterocycles. The highest BCUT2D eigenvalue weighted by Crippen LogP contribution is 2.35. The summed E-state index contributed by atoms with van der Waals surface area (Å²) in [6, 6.07) is 24.3. The SMILES string of the molecule is COC(=O)NC(C(=O)N1CN(c2ccccc2)C[C@H]1c1ncc(-c2ccc(-c3ccc(-c4cnc([C@@H]5CCCN5C(=O)[C@@H](NC(=O)OC)C(C)C)[nH]4)cc3)cc2)[nH]1)C(C)C. The molecule has 15 nitrogen and oxygen atoms in total. The summed E-state index contributed by atoms with van der Waals surface area (Å²) in [5, 5.41) is 5.42. The Kier molecular flexibility index (Phi) is 12.5. The van der Waals surface area contributed by atoms with Gasteiger partial charge >= 0.3 is 12.2 Å². The maximum absolute atomic E-state index is 14.1. The molecule has 0 spiro atoms. The molecule has 2 fully saturated rings. The summed E-state index contributed by atoms with van der Waals surface area (Å²) in [6.45, 7) is 9.03. The molecule has 4 heterocycles. The maximum Gasteiger partial charge on any atom is 0.407 e. The van der Waals surface area contributed by atoms with Crippen LogP contribution in [0.3, 0.4) is 0 Å². The number of nitrogens with zero attached hydrogens (tertiary/aromatic N) is 5. The van der Waals surface area contributed by atoms with Gasteiger partial charge in [-0.15, -0.1) is 0 Å². The van der Waals surface area contributed by atoms with E-state index in [1.807, 2.05) is 82.3 Å². The molecule has 314 valence electrons. The van der Waals surface area contributed by atoms with E-state index in [-0.39, 0.29) is 35.7 Å². The number of benzene rings is 3. The molecular formula is C45H53N9O6. The lowest BCUT2D eigenvalue weighted by molar-refractivity contribution is -0.136. The van der Waals surface area contributed by atoms with Crippen LogP contribution in [0.1, 0.15) is 64.3 Å². The summed E-state index contributed by atoms with van der Waals surface area (Å²) in [5.74, 6) is 0.736. The quantitative estimate of drug-likeness (QED) is 0.104. The summed E-state index contributed by atoms with van der Waals surface area (Å²) in [6.07, 6.45) is 3.93. The Hall–Kier alpha value is -6.64. The first-order valence-electron chi connectivity index (χ1n) is 20.4. The number of aromatic amines is 2. The zero-order valence-electron chi connectivity index (χ0n) is 34.8. The molecule has 2 aliphatic rings. The van der Waals surface area contributed by atoms with E-state index in [1.165, 1.54) is 14.2 Å². The van der Waals surface area contributed by atoms with Crippen LogP contribution in [0.4, 0.5) is 15.3 Å². The van der Waals surface area contributed by atoms with Crippen LogP contribution >= 0.6 is 0 Å². The van der Waals surface area contributed by atoms with Gasteiger partial charge in [0.25, 0.3) is 0 Å². The number of likely N-dealkylation sites (tertiary alicyclic amines) is 1. The summed E-state index contributed by atoms with van der Waals surface area (Å²) in [7, 11) is 2.57. The third-order valence-corrected chi connectivity index (χ3v) is 11.4. The zero-order valence-corrected chi connectivity index (χ0v) is 34.8. The first kappa shape index (κ1) is 41.5. The van der Waals surface area contributed by atoms with Crippen molar-refractivity contribution < 1.29 is 28.7 Å². The molecule has 15 heteroatoms. The Morgan fingerprint density at radius 1 is 0.650 bits per heavy atom. The molecule has 7 rings (SSSR count). The molecule has 0 radical (unpaired) electrons. The lowest BCUT2D eigenvalue weighted by Crippen LogP contribution is -2.51. The number of carbonyl (C=O) groups is 4. The highest BCUT2D eigenvalue weighted by molar-refractivity contribution is 5.87. The van der Waals surface area contributed by atoms with Crippen LogP contribution in [0.2, 0.25) is 0 Å². The van der Waals surface area contributed by atoms with Crippen molar-refractivity contribution >= 4 is 29.7 Å². The van der Waals surface area contributed by atoms with E-state index in [1.54, 1.807) is 22.2 Å². The molecule has 5 aromatic rings. The Balaban J connectivity index is 1.04. The molecule has 2 saturated heterocycles. The van der Waals surface area contributed by atoms with Crippen molar-refractivity contribution in [1.82, 2.24) is 40.4 Å². The number of alkyl carbamates (subject to hydrolysis) is 2. The summed E-state index contributed by atoms with van der Waals surface area (Å²) < 4.78 is 9.59. The van der Waals surface area contributed by atoms with E-state index in [0.29, 0.717) is 31.4 Å². The minimum atomic E-state index is -0.773. The van der Waals surface area contributed by atoms with E-state index in [0.717, 1.165) is 52.2 Å². The van der Waals surface area contributed by atoms with Crippen molar-refractivity contribution in [3.63, 3.8) is 0 Å². The number of hydrogen-bond donors (Lipinski definition) is 4. The zero-order chi connectivity index (χ0) is 42.5. The van der Waals surface area contributed by atoms with Crippen molar-refractivity contribution in [2.45, 2.75) is 64.7 Å². The third-order valence-electron chi connectivity index (χ3n) is 11.4. The van der Waals surface area contributed by atoms with Gasteiger partial charge < -0.3 is 44.8 Å². The fraction of sp³-hybridized carbons (Fsp3) is 0.378. The van der Waals surface area contributed by atoms with Crippen molar-refractivity contribution in [1.29, 1.82) is 0 Å². The highest BCUT2D eigenvalue weighted by Gasteiger charge is 2.41. The van der Waals surface area contributed by atoms with E-state index in [2.05, 4.69) is 54.8 Å². The number of carbonyl (C=O) groups excluding carboxylic acids is 4. The van der Waals surface area contributed by atoms with E-state index in [4.69, 9.17) is 14.5 Å². The van der Waals surface area contributed by atoms with Crippen LogP contribution in [-0.4, -0.2) is 99.8 Å². The van der Waals surface area contributed by atoms with Crippen molar-refractivity contribution in [3.05, 3.63) is 103 Å². The standard InChI is InChI=1S/C45H53N9O6/c1-27(2)38(50-44(57)59-5)42(55)53-22-10-13-36(53)40-46-23-34(48-40)31-18-14-29(15-19-31)30-16-20-32(21-17-30)35-24-47-41(49-35)37-25-52(33-11-8-7-9-12-33)26-54(37)43(56)39(28(3)4)51-45(58)60-6/h7-9,11-12,14-21,23-24,27-28,36-39H,10,13,22,25-26H2,1-6H3,(H,46,48)(H,47,49)(H,50,57)(H,51,58)/t36-,37-,38-,39?/m0/s1. The average molecular weight is 816 g/mol. The Bertz CT molecular complexity index is 2270. The fourth-order valence-electron chi connectivity index (χ4n) is 7.99. The topological polar surface area (TPSA) is 178 Å². The number of nitrogens with one attached hydrogen (secondary N) is 4. The van der Waals surface area contributed by atoms with Gasteiger partial charge in [-0.2, -0.15) is 0 Å². The van der Waals surface area contributed by atoms with Crippen molar-refractivity contribution in [2.75, 3.05) is 38.9 Å². The van der Waals surface area contributed by atoms with Gasteiger partial charge in [0.2, 0.25) is 11.8 Å². The molecule has 0 saturated carbocycles. The predicted molar refractivity (Wildman–Crippen MR) is 227 cm³/mol. The Morgan fingerprint density at radius 3 is 1.60 bits per heavy atom. The smallest absolute Gasteiger partial charge is 0.407 e. The average Bonchev–Trinajstić information content (AvgIpc) is 4.11. The van der Waals surface area contributed by atoms with Gasteiger partial charge in [-0.3, -0.25) is 9.59 Å². The molecule has 0 aliphatic carbocycles. The van der Waals surface area contributed by atoms with Gasteiger partial charge in [0.15, 0.2) is 0 Å². The largest absolute Gasteiger partial charge is 0.453 e. The fourth-order valence-corrected chi connectivity index (χ4v) is 7.99. The molecule has 4 N–H and O–H groups in total. The van der Waals surface area contributed by atoms with E-state index < -0.39 is 24.3 Å². The van der Waals surface area contributed by atoms with Gasteiger partial charge in [0.05, 0.1) is 50.7 Å². The van der Waals surface area contributed by atoms with Crippen LogP contribution in [0, 0.1) is 11.8 Å². The lowest BCUT2D eigenvalue weighted by atomic mass is 10.0. The second kappa shape index (κ2) is 18.1. The second-order valence-electron chi connectivity index (χ2n) is 15.9. The van der Waals surface area contributed by atoms with Gasteiger partial charge in [0, 0.05) is 18.8 Å². The number of H-pyrrole nitrogens is 2.